The molecule has 102 valence electrons. The van der Waals surface area contributed by atoms with E-state index >= 15 is 0 Å². The van der Waals surface area contributed by atoms with Crippen molar-refractivity contribution in [2.75, 3.05) is 0 Å². The van der Waals surface area contributed by atoms with E-state index in [-0.39, 0.29) is 11.2 Å². The summed E-state index contributed by atoms with van der Waals surface area (Å²) in [6, 6.07) is 4.11. The zero-order valence-corrected chi connectivity index (χ0v) is 11.2. The van der Waals surface area contributed by atoms with E-state index in [1.54, 1.807) is 10.8 Å². The molecule has 0 bridgehead atoms. The summed E-state index contributed by atoms with van der Waals surface area (Å²) >= 11 is 0. The van der Waals surface area contributed by atoms with Crippen molar-refractivity contribution in [3.63, 3.8) is 0 Å². The van der Waals surface area contributed by atoms with Crippen molar-refractivity contribution in [2.45, 2.75) is 32.9 Å². The molecule has 0 saturated carbocycles. The number of halogens is 2. The number of aromatic nitrogens is 2. The summed E-state index contributed by atoms with van der Waals surface area (Å²) in [5.74, 6) is -1.72. The molecule has 0 radical (unpaired) electrons. The zero-order chi connectivity index (χ0) is 14.0. The second-order valence-electron chi connectivity index (χ2n) is 5.43. The van der Waals surface area contributed by atoms with Crippen LogP contribution in [0.15, 0.2) is 30.7 Å². The molecule has 0 fully saturated rings. The van der Waals surface area contributed by atoms with E-state index in [0.717, 1.165) is 11.8 Å². The number of hydrogen-bond acceptors (Lipinski definition) is 2. The number of nitrogens with zero attached hydrogens (tertiary/aromatic N) is 2. The SMILES string of the molecule is CC(C)(C)NCc1cncn1-c1cccc(F)c1F. The Morgan fingerprint density at radius 3 is 2.68 bits per heavy atom. The predicted octanol–water partition coefficient (Wildman–Crippen LogP) is 3.04. The van der Waals surface area contributed by atoms with E-state index in [2.05, 4.69) is 10.3 Å². The maximum Gasteiger partial charge on any atom is 0.182 e. The minimum atomic E-state index is -0.863. The normalized spacial score (nSPS) is 11.8. The Morgan fingerprint density at radius 2 is 2.00 bits per heavy atom. The summed E-state index contributed by atoms with van der Waals surface area (Å²) in [6.07, 6.45) is 3.13. The van der Waals surface area contributed by atoms with E-state index in [1.807, 2.05) is 20.8 Å². The predicted molar refractivity (Wildman–Crippen MR) is 70.1 cm³/mol. The molecule has 2 rings (SSSR count). The van der Waals surface area contributed by atoms with E-state index in [9.17, 15) is 8.78 Å². The molecular formula is C14H17F2N3. The number of nitrogens with one attached hydrogen (secondary N) is 1. The monoisotopic (exact) mass is 265 g/mol. The number of imidazole rings is 1. The van der Waals surface area contributed by atoms with E-state index < -0.39 is 11.6 Å². The lowest BCUT2D eigenvalue weighted by molar-refractivity contribution is 0.419. The van der Waals surface area contributed by atoms with Crippen LogP contribution < -0.4 is 5.32 Å². The average Bonchev–Trinajstić information content (AvgIpc) is 2.77. The molecule has 1 N–H and O–H groups in total. The third-order valence-corrected chi connectivity index (χ3v) is 2.71. The highest BCUT2D eigenvalue weighted by atomic mass is 19.2. The van der Waals surface area contributed by atoms with Gasteiger partial charge in [0.2, 0.25) is 0 Å². The second-order valence-corrected chi connectivity index (χ2v) is 5.43. The van der Waals surface area contributed by atoms with Crippen molar-refractivity contribution < 1.29 is 8.78 Å². The van der Waals surface area contributed by atoms with Crippen LogP contribution >= 0.6 is 0 Å². The first-order valence-electron chi connectivity index (χ1n) is 6.09. The van der Waals surface area contributed by atoms with Crippen molar-refractivity contribution in [1.29, 1.82) is 0 Å². The maximum absolute atomic E-state index is 13.8. The molecule has 0 aliphatic rings. The Hall–Kier alpha value is -1.75. The molecule has 0 aliphatic heterocycles. The van der Waals surface area contributed by atoms with Crippen LogP contribution in [0.5, 0.6) is 0 Å². The van der Waals surface area contributed by atoms with Crippen LogP contribution in [0.4, 0.5) is 8.78 Å². The Bertz CT molecular complexity index is 570. The van der Waals surface area contributed by atoms with Crippen LogP contribution in [0, 0.1) is 11.6 Å². The molecule has 0 spiro atoms. The maximum atomic E-state index is 13.8. The van der Waals surface area contributed by atoms with E-state index in [4.69, 9.17) is 0 Å². The van der Waals surface area contributed by atoms with Gasteiger partial charge in [-0.3, -0.25) is 4.57 Å². The summed E-state index contributed by atoms with van der Waals surface area (Å²) in [6.45, 7) is 6.64. The average molecular weight is 265 g/mol. The molecule has 0 saturated heterocycles. The zero-order valence-electron chi connectivity index (χ0n) is 11.2. The van der Waals surface area contributed by atoms with Gasteiger partial charge in [-0.2, -0.15) is 0 Å². The number of benzene rings is 1. The smallest absolute Gasteiger partial charge is 0.182 e. The fourth-order valence-corrected chi connectivity index (χ4v) is 1.70. The van der Waals surface area contributed by atoms with Crippen molar-refractivity contribution in [3.8, 4) is 5.69 Å². The van der Waals surface area contributed by atoms with Gasteiger partial charge in [-0.15, -0.1) is 0 Å². The van der Waals surface area contributed by atoms with Crippen LogP contribution in [0.2, 0.25) is 0 Å². The molecule has 0 aliphatic carbocycles. The van der Waals surface area contributed by atoms with Gasteiger partial charge in [0.15, 0.2) is 11.6 Å². The van der Waals surface area contributed by atoms with Gasteiger partial charge in [-0.25, -0.2) is 13.8 Å². The summed E-state index contributed by atoms with van der Waals surface area (Å²) in [7, 11) is 0. The van der Waals surface area contributed by atoms with E-state index in [1.165, 1.54) is 18.5 Å². The molecule has 19 heavy (non-hydrogen) atoms. The standard InChI is InChI=1S/C14H17F2N3/c1-14(2,3)18-8-10-7-17-9-19(10)12-6-4-5-11(15)13(12)16/h4-7,9,18H,8H2,1-3H3. The largest absolute Gasteiger partial charge is 0.306 e. The van der Waals surface area contributed by atoms with Gasteiger partial charge in [0, 0.05) is 18.3 Å². The first-order valence-corrected chi connectivity index (χ1v) is 6.09. The molecule has 0 unspecified atom stereocenters. The van der Waals surface area contributed by atoms with Crippen molar-refractivity contribution in [2.24, 2.45) is 0 Å². The minimum Gasteiger partial charge on any atom is -0.306 e. The minimum absolute atomic E-state index is 0.0599. The summed E-state index contributed by atoms with van der Waals surface area (Å²) in [4.78, 5) is 4.00. The fraction of sp³-hybridized carbons (Fsp3) is 0.357. The van der Waals surface area contributed by atoms with Gasteiger partial charge in [-0.1, -0.05) is 6.07 Å². The summed E-state index contributed by atoms with van der Waals surface area (Å²) in [5, 5.41) is 3.29. The van der Waals surface area contributed by atoms with Crippen molar-refractivity contribution >= 4 is 0 Å². The lowest BCUT2D eigenvalue weighted by atomic mass is 10.1. The Labute approximate surface area is 111 Å². The topological polar surface area (TPSA) is 29.9 Å². The summed E-state index contributed by atoms with van der Waals surface area (Å²) < 4.78 is 28.6. The third-order valence-electron chi connectivity index (χ3n) is 2.71. The van der Waals surface area contributed by atoms with Gasteiger partial charge in [0.1, 0.15) is 0 Å². The van der Waals surface area contributed by atoms with Crippen LogP contribution in [0.3, 0.4) is 0 Å². The van der Waals surface area contributed by atoms with Crippen LogP contribution in [0.1, 0.15) is 26.5 Å². The molecular weight excluding hydrogens is 248 g/mol. The lowest BCUT2D eigenvalue weighted by Crippen LogP contribution is -2.35. The molecule has 5 heteroatoms. The van der Waals surface area contributed by atoms with Crippen LogP contribution in [0.25, 0.3) is 5.69 Å². The quantitative estimate of drug-likeness (QED) is 0.924. The second kappa shape index (κ2) is 5.09. The molecule has 0 amide bonds. The molecule has 2 aromatic rings. The van der Waals surface area contributed by atoms with Gasteiger partial charge < -0.3 is 5.32 Å². The van der Waals surface area contributed by atoms with Crippen molar-refractivity contribution in [3.05, 3.63) is 48.1 Å². The Kier molecular flexibility index (Phi) is 3.66. The highest BCUT2D eigenvalue weighted by Gasteiger charge is 2.14. The van der Waals surface area contributed by atoms with Crippen molar-refractivity contribution in [1.82, 2.24) is 14.9 Å². The third kappa shape index (κ3) is 3.17. The molecule has 3 nitrogen and oxygen atoms in total. The molecule has 1 aromatic heterocycles. The first kappa shape index (κ1) is 13.7. The highest BCUT2D eigenvalue weighted by Crippen LogP contribution is 2.18. The van der Waals surface area contributed by atoms with Crippen LogP contribution in [-0.2, 0) is 6.54 Å². The van der Waals surface area contributed by atoms with Gasteiger partial charge in [0.25, 0.3) is 0 Å². The highest BCUT2D eigenvalue weighted by molar-refractivity contribution is 5.35. The summed E-state index contributed by atoms with van der Waals surface area (Å²) in [5.41, 5.74) is 0.887. The fourth-order valence-electron chi connectivity index (χ4n) is 1.70. The van der Waals surface area contributed by atoms with Gasteiger partial charge in [0.05, 0.1) is 17.7 Å². The Balaban J connectivity index is 2.31. The molecule has 0 atom stereocenters. The molecule has 1 aromatic carbocycles. The lowest BCUT2D eigenvalue weighted by Gasteiger charge is -2.21. The van der Waals surface area contributed by atoms with Gasteiger partial charge >= 0.3 is 0 Å². The number of rotatable bonds is 3. The van der Waals surface area contributed by atoms with Crippen LogP contribution in [-0.4, -0.2) is 15.1 Å². The first-order chi connectivity index (χ1) is 8.88. The molecule has 1 heterocycles. The van der Waals surface area contributed by atoms with E-state index in [0.29, 0.717) is 6.54 Å². The number of hydrogen-bond donors (Lipinski definition) is 1. The van der Waals surface area contributed by atoms with Gasteiger partial charge in [-0.05, 0) is 32.9 Å². The Morgan fingerprint density at radius 1 is 1.26 bits per heavy atom.